The Morgan fingerprint density at radius 3 is 2.88 bits per heavy atom. The summed E-state index contributed by atoms with van der Waals surface area (Å²) in [6.45, 7) is 2.24. The number of rotatable bonds is 6. The summed E-state index contributed by atoms with van der Waals surface area (Å²) in [6, 6.07) is 4.29. The minimum absolute atomic E-state index is 0.0773. The average Bonchev–Trinajstić information content (AvgIpc) is 2.28. The number of ether oxygens (including phenoxy) is 1. The van der Waals surface area contributed by atoms with Crippen LogP contribution in [0, 0.1) is 5.82 Å². The first-order valence-corrected chi connectivity index (χ1v) is 5.61. The molecule has 0 N–H and O–H groups in total. The first kappa shape index (κ1) is 13.0. The summed E-state index contributed by atoms with van der Waals surface area (Å²) >= 11 is 5.53. The second-order valence-corrected chi connectivity index (χ2v) is 3.83. The zero-order valence-electron chi connectivity index (χ0n) is 9.13. The summed E-state index contributed by atoms with van der Waals surface area (Å²) in [4.78, 5) is 11.0. The minimum Gasteiger partial charge on any atom is -0.493 e. The molecule has 0 fully saturated rings. The van der Waals surface area contributed by atoms with Gasteiger partial charge in [0.25, 0.3) is 0 Å². The molecule has 0 aliphatic rings. The Kier molecular flexibility index (Phi) is 5.26. The molecule has 0 radical (unpaired) electrons. The molecule has 0 aromatic heterocycles. The largest absolute Gasteiger partial charge is 0.493 e. The normalized spacial score (nSPS) is 10.2. The van der Waals surface area contributed by atoms with Crippen LogP contribution in [0.2, 0.25) is 5.02 Å². The second kappa shape index (κ2) is 6.48. The summed E-state index contributed by atoms with van der Waals surface area (Å²) < 4.78 is 18.3. The van der Waals surface area contributed by atoms with Crippen molar-refractivity contribution in [2.24, 2.45) is 0 Å². The van der Waals surface area contributed by atoms with E-state index in [0.717, 1.165) is 0 Å². The molecule has 1 rings (SSSR count). The fourth-order valence-corrected chi connectivity index (χ4v) is 1.32. The molecule has 0 saturated carbocycles. The zero-order valence-corrected chi connectivity index (χ0v) is 9.89. The third kappa shape index (κ3) is 4.19. The van der Waals surface area contributed by atoms with Crippen LogP contribution in [0.1, 0.15) is 26.2 Å². The predicted octanol–water partition coefficient (Wildman–Crippen LogP) is 3.62. The molecular formula is C12H14ClFO2. The quantitative estimate of drug-likeness (QED) is 0.715. The SMILES string of the molecule is CCC(=O)CCCOc1ccc(Cl)c(F)c1. The van der Waals surface area contributed by atoms with Crippen molar-refractivity contribution >= 4 is 17.4 Å². The molecule has 0 aliphatic carbocycles. The Morgan fingerprint density at radius 2 is 2.25 bits per heavy atom. The van der Waals surface area contributed by atoms with Gasteiger partial charge in [-0.05, 0) is 18.6 Å². The van der Waals surface area contributed by atoms with Crippen LogP contribution < -0.4 is 4.74 Å². The molecule has 88 valence electrons. The van der Waals surface area contributed by atoms with Crippen molar-refractivity contribution in [3.63, 3.8) is 0 Å². The Balaban J connectivity index is 2.32. The first-order valence-electron chi connectivity index (χ1n) is 5.23. The van der Waals surface area contributed by atoms with Crippen LogP contribution in [0.4, 0.5) is 4.39 Å². The van der Waals surface area contributed by atoms with Gasteiger partial charge in [0.1, 0.15) is 17.3 Å². The van der Waals surface area contributed by atoms with Gasteiger partial charge in [-0.15, -0.1) is 0 Å². The molecular weight excluding hydrogens is 231 g/mol. The van der Waals surface area contributed by atoms with Gasteiger partial charge in [0.15, 0.2) is 0 Å². The number of halogens is 2. The van der Waals surface area contributed by atoms with Gasteiger partial charge in [0.05, 0.1) is 11.6 Å². The van der Waals surface area contributed by atoms with Gasteiger partial charge in [0.2, 0.25) is 0 Å². The molecule has 0 bridgehead atoms. The van der Waals surface area contributed by atoms with Crippen molar-refractivity contribution in [1.29, 1.82) is 0 Å². The molecule has 0 aliphatic heterocycles. The first-order chi connectivity index (χ1) is 7.63. The highest BCUT2D eigenvalue weighted by Gasteiger charge is 2.02. The Bertz CT molecular complexity index is 366. The predicted molar refractivity (Wildman–Crippen MR) is 61.4 cm³/mol. The van der Waals surface area contributed by atoms with E-state index < -0.39 is 5.82 Å². The average molecular weight is 245 g/mol. The van der Waals surface area contributed by atoms with E-state index in [9.17, 15) is 9.18 Å². The Morgan fingerprint density at radius 1 is 1.50 bits per heavy atom. The molecule has 0 atom stereocenters. The summed E-state index contributed by atoms with van der Waals surface area (Å²) in [7, 11) is 0. The van der Waals surface area contributed by atoms with Crippen molar-refractivity contribution in [2.45, 2.75) is 26.2 Å². The lowest BCUT2D eigenvalue weighted by Crippen LogP contribution is -2.02. The third-order valence-corrected chi connectivity index (χ3v) is 2.46. The van der Waals surface area contributed by atoms with Crippen LogP contribution in [0.5, 0.6) is 5.75 Å². The molecule has 1 aromatic rings. The number of carbonyl (C=O) groups is 1. The number of carbonyl (C=O) groups excluding carboxylic acids is 1. The van der Waals surface area contributed by atoms with Gasteiger partial charge < -0.3 is 4.74 Å². The van der Waals surface area contributed by atoms with Crippen LogP contribution in [0.25, 0.3) is 0 Å². The lowest BCUT2D eigenvalue weighted by Gasteiger charge is -2.05. The van der Waals surface area contributed by atoms with Crippen LogP contribution in [0.3, 0.4) is 0 Å². The third-order valence-electron chi connectivity index (χ3n) is 2.15. The number of hydrogen-bond acceptors (Lipinski definition) is 2. The van der Waals surface area contributed by atoms with Gasteiger partial charge in [0, 0.05) is 18.9 Å². The molecule has 2 nitrogen and oxygen atoms in total. The minimum atomic E-state index is -0.496. The maximum Gasteiger partial charge on any atom is 0.145 e. The molecule has 0 saturated heterocycles. The summed E-state index contributed by atoms with van der Waals surface area (Å²) in [5.74, 6) is 0.153. The standard InChI is InChI=1S/C12H14ClFO2/c1-2-9(15)4-3-7-16-10-5-6-11(13)12(14)8-10/h5-6,8H,2-4,7H2,1H3. The van der Waals surface area contributed by atoms with Crippen molar-refractivity contribution < 1.29 is 13.9 Å². The van der Waals surface area contributed by atoms with Crippen molar-refractivity contribution in [3.05, 3.63) is 29.0 Å². The van der Waals surface area contributed by atoms with E-state index >= 15 is 0 Å². The Hall–Kier alpha value is -1.09. The van der Waals surface area contributed by atoms with Crippen molar-refractivity contribution in [2.75, 3.05) is 6.61 Å². The van der Waals surface area contributed by atoms with Gasteiger partial charge in [-0.2, -0.15) is 0 Å². The lowest BCUT2D eigenvalue weighted by atomic mass is 10.2. The smallest absolute Gasteiger partial charge is 0.145 e. The van der Waals surface area contributed by atoms with Crippen LogP contribution >= 0.6 is 11.6 Å². The fourth-order valence-electron chi connectivity index (χ4n) is 1.20. The molecule has 0 heterocycles. The van der Waals surface area contributed by atoms with E-state index in [0.29, 0.717) is 31.6 Å². The highest BCUT2D eigenvalue weighted by Crippen LogP contribution is 2.20. The van der Waals surface area contributed by atoms with Gasteiger partial charge in [-0.25, -0.2) is 4.39 Å². The maximum absolute atomic E-state index is 13.0. The number of ketones is 1. The monoisotopic (exact) mass is 244 g/mol. The van der Waals surface area contributed by atoms with Crippen molar-refractivity contribution in [1.82, 2.24) is 0 Å². The van der Waals surface area contributed by atoms with Crippen LogP contribution in [-0.4, -0.2) is 12.4 Å². The second-order valence-electron chi connectivity index (χ2n) is 3.42. The number of hydrogen-bond donors (Lipinski definition) is 0. The van der Waals surface area contributed by atoms with Gasteiger partial charge in [-0.1, -0.05) is 18.5 Å². The van der Waals surface area contributed by atoms with E-state index in [1.54, 1.807) is 6.07 Å². The summed E-state index contributed by atoms with van der Waals surface area (Å²) in [6.07, 6.45) is 1.71. The summed E-state index contributed by atoms with van der Waals surface area (Å²) in [5, 5.41) is 0.0773. The Labute approximate surface area is 99.4 Å². The molecule has 1 aromatic carbocycles. The molecule has 0 amide bonds. The zero-order chi connectivity index (χ0) is 12.0. The molecule has 0 unspecified atom stereocenters. The maximum atomic E-state index is 13.0. The van der Waals surface area contributed by atoms with E-state index in [-0.39, 0.29) is 10.8 Å². The summed E-state index contributed by atoms with van der Waals surface area (Å²) in [5.41, 5.74) is 0. The van der Waals surface area contributed by atoms with E-state index in [1.807, 2.05) is 6.92 Å². The van der Waals surface area contributed by atoms with Gasteiger partial charge >= 0.3 is 0 Å². The van der Waals surface area contributed by atoms with Gasteiger partial charge in [-0.3, -0.25) is 4.79 Å². The van der Waals surface area contributed by atoms with E-state index in [2.05, 4.69) is 0 Å². The number of Topliss-reactive ketones (excluding diaryl/α,β-unsaturated/α-hetero) is 1. The topological polar surface area (TPSA) is 26.3 Å². The van der Waals surface area contributed by atoms with Crippen LogP contribution in [-0.2, 0) is 4.79 Å². The van der Waals surface area contributed by atoms with Crippen molar-refractivity contribution in [3.8, 4) is 5.75 Å². The molecule has 0 spiro atoms. The van der Waals surface area contributed by atoms with E-state index in [1.165, 1.54) is 12.1 Å². The molecule has 16 heavy (non-hydrogen) atoms. The lowest BCUT2D eigenvalue weighted by molar-refractivity contribution is -0.118. The molecule has 4 heteroatoms. The highest BCUT2D eigenvalue weighted by molar-refractivity contribution is 6.30. The fraction of sp³-hybridized carbons (Fsp3) is 0.417. The highest BCUT2D eigenvalue weighted by atomic mass is 35.5. The number of benzene rings is 1. The van der Waals surface area contributed by atoms with Crippen LogP contribution in [0.15, 0.2) is 18.2 Å². The van der Waals surface area contributed by atoms with E-state index in [4.69, 9.17) is 16.3 Å².